The Morgan fingerprint density at radius 3 is 2.41 bits per heavy atom. The van der Waals surface area contributed by atoms with Crippen molar-refractivity contribution in [3.8, 4) is 0 Å². The topological polar surface area (TPSA) is 21.3 Å². The van der Waals surface area contributed by atoms with Gasteiger partial charge in [0.15, 0.2) is 0 Å². The van der Waals surface area contributed by atoms with Gasteiger partial charge in [-0.1, -0.05) is 32.4 Å². The standard InChI is InChI=1S/C19H30FNO/c1-4-22-13-12-21-18(14-15(2)3)19(10-5-11-19)16-6-8-17(20)9-7-16/h6-9,15,18,21H,4-5,10-14H2,1-3H3. The summed E-state index contributed by atoms with van der Waals surface area (Å²) in [5.74, 6) is 0.491. The third-order valence-corrected chi connectivity index (χ3v) is 4.88. The van der Waals surface area contributed by atoms with Crippen molar-refractivity contribution in [3.63, 3.8) is 0 Å². The smallest absolute Gasteiger partial charge is 0.123 e. The molecule has 0 spiro atoms. The summed E-state index contributed by atoms with van der Waals surface area (Å²) < 4.78 is 18.7. The van der Waals surface area contributed by atoms with E-state index in [4.69, 9.17) is 4.74 Å². The number of nitrogens with one attached hydrogen (secondary N) is 1. The first-order valence-electron chi connectivity index (χ1n) is 8.65. The lowest BCUT2D eigenvalue weighted by atomic mass is 9.59. The Balaban J connectivity index is 2.12. The third-order valence-electron chi connectivity index (χ3n) is 4.88. The van der Waals surface area contributed by atoms with Gasteiger partial charge in [0.05, 0.1) is 6.61 Å². The summed E-state index contributed by atoms with van der Waals surface area (Å²) in [5.41, 5.74) is 1.46. The normalized spacial score (nSPS) is 18.2. The molecule has 124 valence electrons. The van der Waals surface area contributed by atoms with Crippen LogP contribution in [0, 0.1) is 11.7 Å². The molecule has 3 heteroatoms. The van der Waals surface area contributed by atoms with Gasteiger partial charge in [0.1, 0.15) is 5.82 Å². The van der Waals surface area contributed by atoms with E-state index in [0.29, 0.717) is 12.0 Å². The Morgan fingerprint density at radius 1 is 1.23 bits per heavy atom. The second-order valence-electron chi connectivity index (χ2n) is 6.85. The molecule has 1 atom stereocenters. The molecule has 0 aliphatic heterocycles. The van der Waals surface area contributed by atoms with Crippen LogP contribution in [0.1, 0.15) is 52.0 Å². The van der Waals surface area contributed by atoms with Gasteiger partial charge in [0.2, 0.25) is 0 Å². The van der Waals surface area contributed by atoms with Gasteiger partial charge in [-0.05, 0) is 49.8 Å². The van der Waals surface area contributed by atoms with Gasteiger partial charge < -0.3 is 10.1 Å². The molecule has 1 aromatic carbocycles. The summed E-state index contributed by atoms with van der Waals surface area (Å²) in [6.45, 7) is 8.97. The maximum Gasteiger partial charge on any atom is 0.123 e. The highest BCUT2D eigenvalue weighted by Gasteiger charge is 2.45. The van der Waals surface area contributed by atoms with Gasteiger partial charge in [-0.15, -0.1) is 0 Å². The lowest BCUT2D eigenvalue weighted by Gasteiger charge is -2.49. The predicted octanol–water partition coefficient (Wildman–Crippen LogP) is 4.29. The van der Waals surface area contributed by atoms with Crippen LogP contribution in [0.4, 0.5) is 4.39 Å². The first-order chi connectivity index (χ1) is 10.6. The average molecular weight is 307 g/mol. The molecule has 0 radical (unpaired) electrons. The van der Waals surface area contributed by atoms with Crippen LogP contribution in [0.3, 0.4) is 0 Å². The lowest BCUT2D eigenvalue weighted by molar-refractivity contribution is 0.119. The summed E-state index contributed by atoms with van der Waals surface area (Å²) in [4.78, 5) is 0. The van der Waals surface area contributed by atoms with E-state index in [0.717, 1.165) is 26.2 Å². The second kappa shape index (κ2) is 8.07. The largest absolute Gasteiger partial charge is 0.380 e. The molecule has 1 aromatic rings. The van der Waals surface area contributed by atoms with Gasteiger partial charge in [0.25, 0.3) is 0 Å². The molecule has 2 rings (SSSR count). The van der Waals surface area contributed by atoms with Crippen LogP contribution in [0.2, 0.25) is 0 Å². The number of hydrogen-bond acceptors (Lipinski definition) is 2. The van der Waals surface area contributed by atoms with Gasteiger partial charge >= 0.3 is 0 Å². The van der Waals surface area contributed by atoms with Crippen molar-refractivity contribution in [1.29, 1.82) is 0 Å². The van der Waals surface area contributed by atoms with Crippen molar-refractivity contribution < 1.29 is 9.13 Å². The van der Waals surface area contributed by atoms with E-state index in [1.54, 1.807) is 12.1 Å². The molecular formula is C19H30FNO. The van der Waals surface area contributed by atoms with E-state index in [9.17, 15) is 4.39 Å². The fraction of sp³-hybridized carbons (Fsp3) is 0.684. The third kappa shape index (κ3) is 4.08. The molecule has 2 nitrogen and oxygen atoms in total. The maximum absolute atomic E-state index is 13.3. The zero-order chi connectivity index (χ0) is 16.0. The minimum Gasteiger partial charge on any atom is -0.380 e. The van der Waals surface area contributed by atoms with E-state index >= 15 is 0 Å². The molecule has 1 aliphatic carbocycles. The second-order valence-corrected chi connectivity index (χ2v) is 6.85. The fourth-order valence-electron chi connectivity index (χ4n) is 3.60. The highest BCUT2D eigenvalue weighted by molar-refractivity contribution is 5.31. The Bertz CT molecular complexity index is 439. The maximum atomic E-state index is 13.3. The van der Waals surface area contributed by atoms with Gasteiger partial charge in [-0.2, -0.15) is 0 Å². The molecule has 0 amide bonds. The Labute approximate surface area is 134 Å². The van der Waals surface area contributed by atoms with Crippen LogP contribution in [0.15, 0.2) is 24.3 Å². The van der Waals surface area contributed by atoms with Crippen LogP contribution in [-0.2, 0) is 10.2 Å². The number of benzene rings is 1. The first-order valence-corrected chi connectivity index (χ1v) is 8.65. The Morgan fingerprint density at radius 2 is 1.91 bits per heavy atom. The van der Waals surface area contributed by atoms with Crippen LogP contribution >= 0.6 is 0 Å². The summed E-state index contributed by atoms with van der Waals surface area (Å²) in [6, 6.07) is 7.59. The van der Waals surface area contributed by atoms with Crippen LogP contribution in [0.5, 0.6) is 0 Å². The summed E-state index contributed by atoms with van der Waals surface area (Å²) in [5, 5.41) is 3.72. The monoisotopic (exact) mass is 307 g/mol. The molecular weight excluding hydrogens is 277 g/mol. The van der Waals surface area contributed by atoms with Gasteiger partial charge in [-0.3, -0.25) is 0 Å². The molecule has 1 unspecified atom stereocenters. The lowest BCUT2D eigenvalue weighted by Crippen LogP contribution is -2.54. The minimum absolute atomic E-state index is 0.150. The highest BCUT2D eigenvalue weighted by Crippen LogP contribution is 2.48. The van der Waals surface area contributed by atoms with Gasteiger partial charge in [0, 0.05) is 24.6 Å². The van der Waals surface area contributed by atoms with Crippen LogP contribution in [-0.4, -0.2) is 25.8 Å². The SMILES string of the molecule is CCOCCNC(CC(C)C)C1(c2ccc(F)cc2)CCC1. The summed E-state index contributed by atoms with van der Waals surface area (Å²) in [6.07, 6.45) is 4.79. The van der Waals surface area contributed by atoms with Crippen molar-refractivity contribution in [2.24, 2.45) is 5.92 Å². The number of ether oxygens (including phenoxy) is 1. The van der Waals surface area contributed by atoms with Crippen LogP contribution < -0.4 is 5.32 Å². The van der Waals surface area contributed by atoms with Crippen molar-refractivity contribution in [2.45, 2.75) is 57.9 Å². The molecule has 0 heterocycles. The van der Waals surface area contributed by atoms with E-state index in [1.807, 2.05) is 19.1 Å². The quantitative estimate of drug-likeness (QED) is 0.687. The van der Waals surface area contributed by atoms with E-state index in [1.165, 1.54) is 24.8 Å². The van der Waals surface area contributed by atoms with Crippen molar-refractivity contribution in [2.75, 3.05) is 19.8 Å². The first kappa shape index (κ1) is 17.4. The van der Waals surface area contributed by atoms with Crippen molar-refractivity contribution in [1.82, 2.24) is 5.32 Å². The Kier molecular flexibility index (Phi) is 6.39. The molecule has 0 bridgehead atoms. The number of halogens is 1. The zero-order valence-electron chi connectivity index (χ0n) is 14.2. The summed E-state index contributed by atoms with van der Waals surface area (Å²) >= 11 is 0. The van der Waals surface area contributed by atoms with E-state index in [2.05, 4.69) is 19.2 Å². The highest BCUT2D eigenvalue weighted by atomic mass is 19.1. The number of rotatable bonds is 9. The molecule has 0 saturated heterocycles. The van der Waals surface area contributed by atoms with E-state index in [-0.39, 0.29) is 11.2 Å². The van der Waals surface area contributed by atoms with Crippen LogP contribution in [0.25, 0.3) is 0 Å². The molecule has 1 fully saturated rings. The predicted molar refractivity (Wildman–Crippen MR) is 89.7 cm³/mol. The average Bonchev–Trinajstić information content (AvgIpc) is 2.43. The van der Waals surface area contributed by atoms with Crippen molar-refractivity contribution >= 4 is 0 Å². The van der Waals surface area contributed by atoms with Gasteiger partial charge in [-0.25, -0.2) is 4.39 Å². The molecule has 1 saturated carbocycles. The Hall–Kier alpha value is -0.930. The summed E-state index contributed by atoms with van der Waals surface area (Å²) in [7, 11) is 0. The molecule has 1 N–H and O–H groups in total. The number of hydrogen-bond donors (Lipinski definition) is 1. The zero-order valence-corrected chi connectivity index (χ0v) is 14.2. The van der Waals surface area contributed by atoms with E-state index < -0.39 is 0 Å². The fourth-order valence-corrected chi connectivity index (χ4v) is 3.60. The van der Waals surface area contributed by atoms with Crippen molar-refractivity contribution in [3.05, 3.63) is 35.6 Å². The molecule has 1 aliphatic rings. The molecule has 0 aromatic heterocycles. The minimum atomic E-state index is -0.150. The molecule has 22 heavy (non-hydrogen) atoms.